The minimum absolute atomic E-state index is 0.0445. The number of benzene rings is 1. The third kappa shape index (κ3) is 5.20. The van der Waals surface area contributed by atoms with Crippen LogP contribution in [0.2, 0.25) is 0 Å². The summed E-state index contributed by atoms with van der Waals surface area (Å²) in [6, 6.07) is 10.2. The van der Waals surface area contributed by atoms with Gasteiger partial charge in [0.25, 0.3) is 5.56 Å². The largest absolute Gasteiger partial charge is 0.496 e. The molecule has 4 aromatic rings. The number of carbonyl (C=O) groups is 1. The molecule has 8 nitrogen and oxygen atoms in total. The number of aryl methyl sites for hydroxylation is 2. The number of hydrogen-bond acceptors (Lipinski definition) is 6. The van der Waals surface area contributed by atoms with E-state index in [1.807, 2.05) is 44.4 Å². The summed E-state index contributed by atoms with van der Waals surface area (Å²) in [5.74, 6) is 1.84. The second kappa shape index (κ2) is 11.0. The number of nitrogens with zero attached hydrogens (tertiary/aromatic N) is 4. The molecule has 39 heavy (non-hydrogen) atoms. The lowest BCUT2D eigenvalue weighted by atomic mass is 9.90. The van der Waals surface area contributed by atoms with Gasteiger partial charge in [-0.1, -0.05) is 18.2 Å². The zero-order valence-electron chi connectivity index (χ0n) is 23.5. The van der Waals surface area contributed by atoms with Crippen molar-refractivity contribution >= 4 is 22.6 Å². The van der Waals surface area contributed by atoms with Gasteiger partial charge >= 0.3 is 0 Å². The molecule has 5 rings (SSSR count). The SMILES string of the molecule is COc1cc(C)[nH]c(=O)c1CCC(=O)c1c(C)n([C@H](C)C2CCN(c3ncc(C)cn3)CC2)c2ccccc12. The quantitative estimate of drug-likeness (QED) is 0.311. The van der Waals surface area contributed by atoms with E-state index < -0.39 is 0 Å². The molecule has 1 atom stereocenters. The van der Waals surface area contributed by atoms with E-state index >= 15 is 0 Å². The summed E-state index contributed by atoms with van der Waals surface area (Å²) < 4.78 is 7.79. The van der Waals surface area contributed by atoms with Crippen LogP contribution in [0.25, 0.3) is 10.9 Å². The molecule has 3 aromatic heterocycles. The van der Waals surface area contributed by atoms with Gasteiger partial charge in [-0.2, -0.15) is 0 Å². The highest BCUT2D eigenvalue weighted by Gasteiger charge is 2.30. The molecule has 0 amide bonds. The molecule has 0 aliphatic carbocycles. The lowest BCUT2D eigenvalue weighted by molar-refractivity contribution is 0.0983. The van der Waals surface area contributed by atoms with Crippen LogP contribution >= 0.6 is 0 Å². The Labute approximate surface area is 229 Å². The molecular weight excluding hydrogens is 490 g/mol. The van der Waals surface area contributed by atoms with E-state index in [1.165, 1.54) is 0 Å². The summed E-state index contributed by atoms with van der Waals surface area (Å²) in [7, 11) is 1.55. The van der Waals surface area contributed by atoms with Crippen LogP contribution in [0.3, 0.4) is 0 Å². The molecule has 0 spiro atoms. The molecule has 1 aliphatic rings. The number of pyridine rings is 1. The number of anilines is 1. The molecule has 1 saturated heterocycles. The van der Waals surface area contributed by atoms with Crippen LogP contribution in [-0.2, 0) is 6.42 Å². The lowest BCUT2D eigenvalue weighted by Gasteiger charge is -2.36. The van der Waals surface area contributed by atoms with Gasteiger partial charge in [0.2, 0.25) is 5.95 Å². The predicted octanol–water partition coefficient (Wildman–Crippen LogP) is 5.35. The Morgan fingerprint density at radius 3 is 2.51 bits per heavy atom. The maximum Gasteiger partial charge on any atom is 0.255 e. The van der Waals surface area contributed by atoms with Crippen molar-refractivity contribution in [1.29, 1.82) is 0 Å². The zero-order chi connectivity index (χ0) is 27.7. The molecule has 204 valence electrons. The highest BCUT2D eigenvalue weighted by molar-refractivity contribution is 6.09. The zero-order valence-corrected chi connectivity index (χ0v) is 23.5. The first kappa shape index (κ1) is 26.7. The van der Waals surface area contributed by atoms with Crippen LogP contribution in [0.5, 0.6) is 5.75 Å². The van der Waals surface area contributed by atoms with Crippen molar-refractivity contribution in [2.75, 3.05) is 25.1 Å². The Kier molecular flexibility index (Phi) is 7.55. The van der Waals surface area contributed by atoms with Gasteiger partial charge in [-0.15, -0.1) is 0 Å². The number of para-hydroxylation sites is 1. The molecular formula is C31H37N5O3. The number of piperidine rings is 1. The van der Waals surface area contributed by atoms with Crippen molar-refractivity contribution in [2.45, 2.75) is 59.4 Å². The van der Waals surface area contributed by atoms with E-state index in [1.54, 1.807) is 13.2 Å². The maximum absolute atomic E-state index is 13.7. The lowest BCUT2D eigenvalue weighted by Crippen LogP contribution is -2.37. The number of H-pyrrole nitrogens is 1. The molecule has 1 fully saturated rings. The summed E-state index contributed by atoms with van der Waals surface area (Å²) >= 11 is 0. The van der Waals surface area contributed by atoms with Gasteiger partial charge in [0.15, 0.2) is 5.78 Å². The molecule has 1 aromatic carbocycles. The van der Waals surface area contributed by atoms with Crippen LogP contribution in [0.15, 0.2) is 47.5 Å². The Balaban J connectivity index is 1.37. The maximum atomic E-state index is 13.7. The number of rotatable bonds is 8. The number of hydrogen-bond donors (Lipinski definition) is 1. The molecule has 0 unspecified atom stereocenters. The topological polar surface area (TPSA) is 93.1 Å². The highest BCUT2D eigenvalue weighted by atomic mass is 16.5. The fourth-order valence-corrected chi connectivity index (χ4v) is 6.08. The Hall–Kier alpha value is -3.94. The summed E-state index contributed by atoms with van der Waals surface area (Å²) in [6.45, 7) is 9.97. The molecule has 4 heterocycles. The van der Waals surface area contributed by atoms with Gasteiger partial charge in [0.1, 0.15) is 5.75 Å². The van der Waals surface area contributed by atoms with E-state index in [-0.39, 0.29) is 23.8 Å². The number of carbonyl (C=O) groups excluding carboxylic acids is 1. The summed E-state index contributed by atoms with van der Waals surface area (Å²) in [4.78, 5) is 40.4. The van der Waals surface area contributed by atoms with Crippen molar-refractivity contribution in [3.63, 3.8) is 0 Å². The van der Waals surface area contributed by atoms with Gasteiger partial charge < -0.3 is 19.2 Å². The molecule has 1 N–H and O–H groups in total. The Bertz CT molecular complexity index is 1550. The van der Waals surface area contributed by atoms with Crippen LogP contribution in [0.1, 0.15) is 65.1 Å². The van der Waals surface area contributed by atoms with E-state index in [0.717, 1.165) is 65.3 Å². The first-order valence-electron chi connectivity index (χ1n) is 13.7. The third-order valence-corrected chi connectivity index (χ3v) is 8.17. The summed E-state index contributed by atoms with van der Waals surface area (Å²) in [6.07, 6.45) is 6.37. The monoisotopic (exact) mass is 527 g/mol. The predicted molar refractivity (Wildman–Crippen MR) is 154 cm³/mol. The van der Waals surface area contributed by atoms with E-state index in [0.29, 0.717) is 23.7 Å². The van der Waals surface area contributed by atoms with Crippen LogP contribution in [0, 0.1) is 26.7 Å². The van der Waals surface area contributed by atoms with Crippen LogP contribution in [-0.4, -0.2) is 45.5 Å². The number of aromatic nitrogens is 4. The number of methoxy groups -OCH3 is 1. The first-order valence-corrected chi connectivity index (χ1v) is 13.7. The number of Topliss-reactive ketones (excluding diaryl/α,β-unsaturated/α-hetero) is 1. The highest BCUT2D eigenvalue weighted by Crippen LogP contribution is 2.36. The van der Waals surface area contributed by atoms with Crippen molar-refractivity contribution in [1.82, 2.24) is 19.5 Å². The average molecular weight is 528 g/mol. The van der Waals surface area contributed by atoms with Crippen molar-refractivity contribution < 1.29 is 9.53 Å². The second-order valence-corrected chi connectivity index (χ2v) is 10.7. The third-order valence-electron chi connectivity index (χ3n) is 8.17. The fourth-order valence-electron chi connectivity index (χ4n) is 6.08. The standard InChI is InChI=1S/C31H37N5O3/c1-19-17-32-31(33-18-19)35-14-12-23(13-15-35)21(3)36-22(4)29(24-8-6-7-9-26(24)36)27(37)11-10-25-28(39-5)16-20(2)34-30(25)38/h6-9,16-18,21,23H,10-15H2,1-5H3,(H,34,38)/t21-/m1/s1. The molecule has 0 saturated carbocycles. The minimum atomic E-state index is -0.199. The van der Waals surface area contributed by atoms with Gasteiger partial charge in [-0.05, 0) is 70.6 Å². The van der Waals surface area contributed by atoms with Crippen molar-refractivity contribution in [2.24, 2.45) is 5.92 Å². The van der Waals surface area contributed by atoms with Gasteiger partial charge in [-0.3, -0.25) is 9.59 Å². The molecule has 1 aliphatic heterocycles. The van der Waals surface area contributed by atoms with Crippen LogP contribution in [0.4, 0.5) is 5.95 Å². The minimum Gasteiger partial charge on any atom is -0.496 e. The van der Waals surface area contributed by atoms with Crippen LogP contribution < -0.4 is 15.2 Å². The Morgan fingerprint density at radius 2 is 1.82 bits per heavy atom. The fraction of sp³-hybridized carbons (Fsp3) is 0.419. The molecule has 0 bridgehead atoms. The van der Waals surface area contributed by atoms with Crippen molar-refractivity contribution in [3.8, 4) is 5.75 Å². The number of nitrogens with one attached hydrogen (secondary N) is 1. The number of aromatic amines is 1. The van der Waals surface area contributed by atoms with E-state index in [9.17, 15) is 9.59 Å². The van der Waals surface area contributed by atoms with E-state index in [2.05, 4.69) is 44.3 Å². The average Bonchev–Trinajstić information content (AvgIpc) is 3.23. The molecule has 0 radical (unpaired) electrons. The summed E-state index contributed by atoms with van der Waals surface area (Å²) in [5.41, 5.74) is 4.93. The number of ketones is 1. The van der Waals surface area contributed by atoms with E-state index in [4.69, 9.17) is 4.74 Å². The van der Waals surface area contributed by atoms with Crippen molar-refractivity contribution in [3.05, 3.63) is 81.2 Å². The van der Waals surface area contributed by atoms with Gasteiger partial charge in [0.05, 0.1) is 12.7 Å². The first-order chi connectivity index (χ1) is 18.8. The van der Waals surface area contributed by atoms with Gasteiger partial charge in [0, 0.05) is 65.8 Å². The molecule has 8 heteroatoms. The van der Waals surface area contributed by atoms with Gasteiger partial charge in [-0.25, -0.2) is 9.97 Å². The number of fused-ring (bicyclic) bond motifs is 1. The summed E-state index contributed by atoms with van der Waals surface area (Å²) in [5, 5.41) is 0.974. The smallest absolute Gasteiger partial charge is 0.255 e. The Morgan fingerprint density at radius 1 is 1.13 bits per heavy atom. The number of ether oxygens (including phenoxy) is 1. The normalized spacial score (nSPS) is 15.1. The second-order valence-electron chi connectivity index (χ2n) is 10.7.